The highest BCUT2D eigenvalue weighted by Gasteiger charge is 2.24. The Kier molecular flexibility index (Phi) is 5.03. The molecule has 25 heavy (non-hydrogen) atoms. The molecule has 3 aromatic rings. The van der Waals surface area contributed by atoms with E-state index in [2.05, 4.69) is 5.32 Å². The van der Waals surface area contributed by atoms with Gasteiger partial charge in [0.05, 0.1) is 6.04 Å². The molecule has 0 aliphatic carbocycles. The van der Waals surface area contributed by atoms with E-state index >= 15 is 0 Å². The van der Waals surface area contributed by atoms with Crippen LogP contribution in [0.2, 0.25) is 0 Å². The van der Waals surface area contributed by atoms with Crippen LogP contribution in [0, 0.1) is 5.92 Å². The molecule has 0 radical (unpaired) electrons. The molecular weight excluding hydrogens is 310 g/mol. The van der Waals surface area contributed by atoms with Crippen LogP contribution in [-0.2, 0) is 4.79 Å². The third-order valence-corrected chi connectivity index (χ3v) is 4.72. The fourth-order valence-corrected chi connectivity index (χ4v) is 3.03. The monoisotopic (exact) mass is 333 g/mol. The fourth-order valence-electron chi connectivity index (χ4n) is 3.03. The fraction of sp³-hybridized carbons (Fsp3) is 0.227. The normalized spacial score (nSPS) is 13.4. The first kappa shape index (κ1) is 17.0. The highest BCUT2D eigenvalue weighted by molar-refractivity contribution is 5.89. The molecule has 0 aliphatic heterocycles. The number of aromatic hydroxyl groups is 1. The Hall–Kier alpha value is -2.81. The van der Waals surface area contributed by atoms with Crippen molar-refractivity contribution in [3.8, 4) is 5.75 Å². The van der Waals surface area contributed by atoms with Crippen LogP contribution in [-0.4, -0.2) is 11.0 Å². The first-order valence-corrected chi connectivity index (χ1v) is 8.67. The number of benzene rings is 3. The van der Waals surface area contributed by atoms with Gasteiger partial charge in [-0.05, 0) is 28.8 Å². The molecule has 0 saturated carbocycles. The smallest absolute Gasteiger partial charge is 0.223 e. The van der Waals surface area contributed by atoms with Gasteiger partial charge in [0.25, 0.3) is 0 Å². The van der Waals surface area contributed by atoms with Crippen molar-refractivity contribution >= 4 is 16.7 Å². The van der Waals surface area contributed by atoms with Crippen LogP contribution < -0.4 is 5.32 Å². The Morgan fingerprint density at radius 1 is 1.00 bits per heavy atom. The molecule has 2 N–H and O–H groups in total. The zero-order valence-electron chi connectivity index (χ0n) is 14.6. The number of hydrogen-bond donors (Lipinski definition) is 2. The third kappa shape index (κ3) is 3.50. The van der Waals surface area contributed by atoms with Gasteiger partial charge < -0.3 is 10.4 Å². The van der Waals surface area contributed by atoms with Crippen molar-refractivity contribution in [2.45, 2.75) is 26.3 Å². The van der Waals surface area contributed by atoms with Gasteiger partial charge in [-0.3, -0.25) is 4.79 Å². The summed E-state index contributed by atoms with van der Waals surface area (Å²) < 4.78 is 0. The lowest BCUT2D eigenvalue weighted by molar-refractivity contribution is -0.125. The molecule has 0 aromatic heterocycles. The Morgan fingerprint density at radius 2 is 1.68 bits per heavy atom. The maximum Gasteiger partial charge on any atom is 0.223 e. The number of phenols is 1. The van der Waals surface area contributed by atoms with E-state index < -0.39 is 6.04 Å². The summed E-state index contributed by atoms with van der Waals surface area (Å²) in [6, 6.07) is 20.9. The predicted octanol–water partition coefficient (Wildman–Crippen LogP) is 4.80. The summed E-state index contributed by atoms with van der Waals surface area (Å²) in [7, 11) is 0. The van der Waals surface area contributed by atoms with E-state index in [1.165, 1.54) is 0 Å². The lowest BCUT2D eigenvalue weighted by Gasteiger charge is -2.24. The molecular formula is C22H23NO2. The molecule has 0 spiro atoms. The van der Waals surface area contributed by atoms with Gasteiger partial charge in [-0.1, -0.05) is 74.5 Å². The van der Waals surface area contributed by atoms with Crippen molar-refractivity contribution in [3.05, 3.63) is 77.9 Å². The van der Waals surface area contributed by atoms with Crippen LogP contribution in [0.5, 0.6) is 5.75 Å². The van der Waals surface area contributed by atoms with E-state index in [4.69, 9.17) is 0 Å². The summed E-state index contributed by atoms with van der Waals surface area (Å²) in [6.45, 7) is 3.91. The zero-order valence-corrected chi connectivity index (χ0v) is 14.6. The van der Waals surface area contributed by atoms with E-state index in [1.54, 1.807) is 6.07 Å². The van der Waals surface area contributed by atoms with Crippen LogP contribution in [0.4, 0.5) is 0 Å². The minimum Gasteiger partial charge on any atom is -0.508 e. The van der Waals surface area contributed by atoms with Gasteiger partial charge in [-0.2, -0.15) is 0 Å². The summed E-state index contributed by atoms with van der Waals surface area (Å²) in [5.41, 5.74) is 1.69. The largest absolute Gasteiger partial charge is 0.508 e. The van der Waals surface area contributed by atoms with Gasteiger partial charge in [0, 0.05) is 11.5 Å². The molecule has 3 rings (SSSR count). The van der Waals surface area contributed by atoms with E-state index in [1.807, 2.05) is 74.5 Å². The van der Waals surface area contributed by atoms with E-state index in [9.17, 15) is 9.90 Å². The Morgan fingerprint density at radius 3 is 2.40 bits per heavy atom. The average molecular weight is 333 g/mol. The van der Waals surface area contributed by atoms with E-state index in [-0.39, 0.29) is 17.6 Å². The summed E-state index contributed by atoms with van der Waals surface area (Å²) in [6.07, 6.45) is 0.773. The zero-order chi connectivity index (χ0) is 17.8. The lowest BCUT2D eigenvalue weighted by Crippen LogP contribution is -2.33. The number of amides is 1. The summed E-state index contributed by atoms with van der Waals surface area (Å²) >= 11 is 0. The summed E-state index contributed by atoms with van der Waals surface area (Å²) in [5.74, 6) is 0.101. The molecule has 3 heteroatoms. The third-order valence-electron chi connectivity index (χ3n) is 4.72. The number of rotatable bonds is 5. The number of hydrogen-bond acceptors (Lipinski definition) is 2. The summed E-state index contributed by atoms with van der Waals surface area (Å²) in [5, 5.41) is 15.7. The molecule has 3 nitrogen and oxygen atoms in total. The molecule has 0 bridgehead atoms. The second kappa shape index (κ2) is 7.39. The minimum absolute atomic E-state index is 0.0105. The highest BCUT2D eigenvalue weighted by atomic mass is 16.3. The maximum atomic E-state index is 12.6. The quantitative estimate of drug-likeness (QED) is 0.705. The van der Waals surface area contributed by atoms with E-state index in [0.717, 1.165) is 28.3 Å². The van der Waals surface area contributed by atoms with Crippen molar-refractivity contribution in [1.82, 2.24) is 5.32 Å². The van der Waals surface area contributed by atoms with Gasteiger partial charge in [0.1, 0.15) is 5.75 Å². The Balaban J connectivity index is 2.15. The number of nitrogens with one attached hydrogen (secondary N) is 1. The molecule has 2 atom stereocenters. The molecule has 0 heterocycles. The van der Waals surface area contributed by atoms with Gasteiger partial charge in [-0.15, -0.1) is 0 Å². The van der Waals surface area contributed by atoms with Crippen LogP contribution in [0.15, 0.2) is 66.7 Å². The SMILES string of the molecule is CCC(C)C(=O)NC(c1ccccc1)c1c(O)ccc2ccccc12. The van der Waals surface area contributed by atoms with Gasteiger partial charge in [0.2, 0.25) is 5.91 Å². The summed E-state index contributed by atoms with van der Waals surface area (Å²) in [4.78, 5) is 12.6. The van der Waals surface area contributed by atoms with Crippen molar-refractivity contribution in [2.75, 3.05) is 0 Å². The molecule has 128 valence electrons. The van der Waals surface area contributed by atoms with Gasteiger partial charge in [-0.25, -0.2) is 0 Å². The molecule has 0 fully saturated rings. The molecule has 3 aromatic carbocycles. The topological polar surface area (TPSA) is 49.3 Å². The standard InChI is InChI=1S/C22H23NO2/c1-3-15(2)22(25)23-21(17-10-5-4-6-11-17)20-18-12-8-7-9-16(18)13-14-19(20)24/h4-15,21,24H,3H2,1-2H3,(H,23,25). The first-order chi connectivity index (χ1) is 12.1. The molecule has 0 aliphatic rings. The van der Waals surface area contributed by atoms with Crippen LogP contribution in [0.25, 0.3) is 10.8 Å². The number of fused-ring (bicyclic) bond motifs is 1. The maximum absolute atomic E-state index is 12.6. The van der Waals surface area contributed by atoms with Crippen LogP contribution in [0.1, 0.15) is 37.4 Å². The van der Waals surface area contributed by atoms with Gasteiger partial charge in [0.15, 0.2) is 0 Å². The van der Waals surface area contributed by atoms with Crippen molar-refractivity contribution in [1.29, 1.82) is 0 Å². The highest BCUT2D eigenvalue weighted by Crippen LogP contribution is 2.36. The minimum atomic E-state index is -0.395. The first-order valence-electron chi connectivity index (χ1n) is 8.67. The Bertz CT molecular complexity index is 874. The average Bonchev–Trinajstić information content (AvgIpc) is 2.66. The van der Waals surface area contributed by atoms with Crippen molar-refractivity contribution < 1.29 is 9.90 Å². The number of phenolic OH excluding ortho intramolecular Hbond substituents is 1. The Labute approximate surface area is 148 Å². The lowest BCUT2D eigenvalue weighted by atomic mass is 9.92. The predicted molar refractivity (Wildman–Crippen MR) is 101 cm³/mol. The number of carbonyl (C=O) groups is 1. The van der Waals surface area contributed by atoms with Crippen molar-refractivity contribution in [2.24, 2.45) is 5.92 Å². The van der Waals surface area contributed by atoms with Crippen molar-refractivity contribution in [3.63, 3.8) is 0 Å². The number of carbonyl (C=O) groups excluding carboxylic acids is 1. The van der Waals surface area contributed by atoms with E-state index in [0.29, 0.717) is 0 Å². The van der Waals surface area contributed by atoms with Gasteiger partial charge >= 0.3 is 0 Å². The van der Waals surface area contributed by atoms with Crippen LogP contribution in [0.3, 0.4) is 0 Å². The molecule has 0 saturated heterocycles. The molecule has 2 unspecified atom stereocenters. The molecule has 1 amide bonds. The second-order valence-electron chi connectivity index (χ2n) is 6.38. The van der Waals surface area contributed by atoms with Crippen LogP contribution >= 0.6 is 0 Å². The second-order valence-corrected chi connectivity index (χ2v) is 6.38.